The molecule has 1 aliphatic heterocycles. The highest BCUT2D eigenvalue weighted by atomic mass is 16.5. The Morgan fingerprint density at radius 1 is 1.09 bits per heavy atom. The summed E-state index contributed by atoms with van der Waals surface area (Å²) in [5.74, 6) is 1.59. The molecule has 5 heteroatoms. The van der Waals surface area contributed by atoms with Crippen LogP contribution in [-0.4, -0.2) is 49.2 Å². The molecule has 0 bridgehead atoms. The number of amides is 1. The summed E-state index contributed by atoms with van der Waals surface area (Å²) < 4.78 is 7.87. The van der Waals surface area contributed by atoms with Crippen LogP contribution in [0, 0.1) is 0 Å². The highest BCUT2D eigenvalue weighted by Gasteiger charge is 2.23. The summed E-state index contributed by atoms with van der Waals surface area (Å²) in [6.45, 7) is 6.44. The van der Waals surface area contributed by atoms with Crippen LogP contribution >= 0.6 is 0 Å². The van der Waals surface area contributed by atoms with Crippen molar-refractivity contribution in [3.05, 3.63) is 65.4 Å². The summed E-state index contributed by atoms with van der Waals surface area (Å²) in [6, 6.07) is 14.7. The fourth-order valence-electron chi connectivity index (χ4n) is 5.15. The number of hydrogen-bond acceptors (Lipinski definition) is 3. The Hall–Kier alpha value is -2.79. The van der Waals surface area contributed by atoms with Gasteiger partial charge in [0, 0.05) is 25.2 Å². The SMILES string of the molecule is CCc1cccc2c(C(=O)NC)cn(CCCN3CCC(c4ccccc4OC)CC3)c12. The van der Waals surface area contributed by atoms with Gasteiger partial charge in [0.05, 0.1) is 18.2 Å². The first-order valence-electron chi connectivity index (χ1n) is 11.8. The van der Waals surface area contributed by atoms with E-state index in [0.717, 1.165) is 55.7 Å². The van der Waals surface area contributed by atoms with Crippen LogP contribution in [0.5, 0.6) is 5.75 Å². The molecule has 5 nitrogen and oxygen atoms in total. The molecule has 2 aromatic carbocycles. The van der Waals surface area contributed by atoms with Gasteiger partial charge in [0.15, 0.2) is 0 Å². The van der Waals surface area contributed by atoms with Gasteiger partial charge in [-0.15, -0.1) is 0 Å². The van der Waals surface area contributed by atoms with Crippen molar-refractivity contribution in [3.63, 3.8) is 0 Å². The lowest BCUT2D eigenvalue weighted by Gasteiger charge is -2.32. The van der Waals surface area contributed by atoms with E-state index < -0.39 is 0 Å². The van der Waals surface area contributed by atoms with Crippen LogP contribution in [0.3, 0.4) is 0 Å². The maximum atomic E-state index is 12.4. The Labute approximate surface area is 191 Å². The summed E-state index contributed by atoms with van der Waals surface area (Å²) in [7, 11) is 3.46. The maximum absolute atomic E-state index is 12.4. The molecule has 0 aliphatic carbocycles. The Morgan fingerprint density at radius 3 is 2.59 bits per heavy atom. The van der Waals surface area contributed by atoms with E-state index in [1.165, 1.54) is 29.5 Å². The number of nitrogens with one attached hydrogen (secondary N) is 1. The van der Waals surface area contributed by atoms with E-state index in [-0.39, 0.29) is 5.91 Å². The Bertz CT molecular complexity index is 1060. The molecule has 0 unspecified atom stereocenters. The number of methoxy groups -OCH3 is 1. The number of rotatable bonds is 8. The maximum Gasteiger partial charge on any atom is 0.253 e. The zero-order chi connectivity index (χ0) is 22.5. The third-order valence-electron chi connectivity index (χ3n) is 6.87. The number of ether oxygens (including phenoxy) is 1. The molecule has 0 radical (unpaired) electrons. The van der Waals surface area contributed by atoms with Gasteiger partial charge < -0.3 is 19.5 Å². The third kappa shape index (κ3) is 4.53. The number of benzene rings is 2. The average molecular weight is 434 g/mol. The zero-order valence-corrected chi connectivity index (χ0v) is 19.6. The summed E-state index contributed by atoms with van der Waals surface area (Å²) >= 11 is 0. The quantitative estimate of drug-likeness (QED) is 0.553. The largest absolute Gasteiger partial charge is 0.496 e. The number of nitrogens with zero attached hydrogens (tertiary/aromatic N) is 2. The van der Waals surface area contributed by atoms with Crippen LogP contribution in [0.15, 0.2) is 48.7 Å². The number of fused-ring (bicyclic) bond motifs is 1. The Balaban J connectivity index is 1.39. The van der Waals surface area contributed by atoms with Gasteiger partial charge in [-0.2, -0.15) is 0 Å². The molecule has 1 N–H and O–H groups in total. The van der Waals surface area contributed by atoms with Crippen molar-refractivity contribution in [1.82, 2.24) is 14.8 Å². The lowest BCUT2D eigenvalue weighted by Crippen LogP contribution is -2.34. The molecule has 2 heterocycles. The number of piperidine rings is 1. The molecule has 0 atom stereocenters. The van der Waals surface area contributed by atoms with Gasteiger partial charge in [-0.25, -0.2) is 0 Å². The number of aryl methyl sites for hydroxylation is 2. The first-order chi connectivity index (χ1) is 15.7. The molecule has 4 rings (SSSR count). The Morgan fingerprint density at radius 2 is 1.88 bits per heavy atom. The van der Waals surface area contributed by atoms with Crippen LogP contribution in [0.25, 0.3) is 10.9 Å². The van der Waals surface area contributed by atoms with Gasteiger partial charge >= 0.3 is 0 Å². The minimum absolute atomic E-state index is 0.0135. The lowest BCUT2D eigenvalue weighted by molar-refractivity contribution is 0.0964. The van der Waals surface area contributed by atoms with Crippen molar-refractivity contribution in [3.8, 4) is 5.75 Å². The van der Waals surface area contributed by atoms with Crippen LogP contribution in [-0.2, 0) is 13.0 Å². The summed E-state index contributed by atoms with van der Waals surface area (Å²) in [5, 5.41) is 3.85. The van der Waals surface area contributed by atoms with Gasteiger partial charge in [0.2, 0.25) is 0 Å². The number of likely N-dealkylation sites (tertiary alicyclic amines) is 1. The fraction of sp³-hybridized carbons (Fsp3) is 0.444. The molecule has 1 fully saturated rings. The van der Waals surface area contributed by atoms with Crippen LogP contribution in [0.1, 0.15) is 53.6 Å². The monoisotopic (exact) mass is 433 g/mol. The highest BCUT2D eigenvalue weighted by molar-refractivity contribution is 6.07. The van der Waals surface area contributed by atoms with E-state index in [1.54, 1.807) is 14.2 Å². The second kappa shape index (κ2) is 10.2. The van der Waals surface area contributed by atoms with E-state index in [2.05, 4.69) is 58.1 Å². The van der Waals surface area contributed by atoms with E-state index in [9.17, 15) is 4.79 Å². The number of carbonyl (C=O) groups is 1. The second-order valence-electron chi connectivity index (χ2n) is 8.69. The van der Waals surface area contributed by atoms with Gasteiger partial charge in [-0.3, -0.25) is 4.79 Å². The van der Waals surface area contributed by atoms with Crippen molar-refractivity contribution in [2.75, 3.05) is 33.8 Å². The molecule has 3 aromatic rings. The molecule has 1 amide bonds. The molecular weight excluding hydrogens is 398 g/mol. The summed E-state index contributed by atoms with van der Waals surface area (Å²) in [5.41, 5.74) is 4.64. The first kappa shape index (κ1) is 22.4. The molecule has 170 valence electrons. The zero-order valence-electron chi connectivity index (χ0n) is 19.6. The molecule has 0 spiro atoms. The van der Waals surface area contributed by atoms with Crippen LogP contribution in [0.2, 0.25) is 0 Å². The summed E-state index contributed by atoms with van der Waals surface area (Å²) in [4.78, 5) is 15.0. The minimum Gasteiger partial charge on any atom is -0.496 e. The first-order valence-corrected chi connectivity index (χ1v) is 11.8. The smallest absolute Gasteiger partial charge is 0.253 e. The predicted octanol–water partition coefficient (Wildman–Crippen LogP) is 4.84. The number of carbonyl (C=O) groups excluding carboxylic acids is 1. The van der Waals surface area contributed by atoms with Gasteiger partial charge in [-0.05, 0) is 68.4 Å². The molecule has 0 saturated carbocycles. The predicted molar refractivity (Wildman–Crippen MR) is 131 cm³/mol. The van der Waals surface area contributed by atoms with Crippen molar-refractivity contribution in [2.24, 2.45) is 0 Å². The molecule has 1 aliphatic rings. The topological polar surface area (TPSA) is 46.5 Å². The normalized spacial score (nSPS) is 15.2. The van der Waals surface area contributed by atoms with E-state index >= 15 is 0 Å². The summed E-state index contributed by atoms with van der Waals surface area (Å²) in [6.07, 6.45) is 6.43. The van der Waals surface area contributed by atoms with Crippen molar-refractivity contribution in [1.29, 1.82) is 0 Å². The second-order valence-corrected chi connectivity index (χ2v) is 8.69. The number of para-hydroxylation sites is 2. The van der Waals surface area contributed by atoms with Gasteiger partial charge in [0.25, 0.3) is 5.91 Å². The van der Waals surface area contributed by atoms with Crippen molar-refractivity contribution < 1.29 is 9.53 Å². The van der Waals surface area contributed by atoms with E-state index in [4.69, 9.17) is 4.74 Å². The molecule has 32 heavy (non-hydrogen) atoms. The highest BCUT2D eigenvalue weighted by Crippen LogP contribution is 2.34. The molecule has 1 aromatic heterocycles. The van der Waals surface area contributed by atoms with E-state index in [1.807, 2.05) is 12.3 Å². The number of aromatic nitrogens is 1. The minimum atomic E-state index is -0.0135. The number of hydrogen-bond donors (Lipinski definition) is 1. The molecule has 1 saturated heterocycles. The van der Waals surface area contributed by atoms with Crippen molar-refractivity contribution in [2.45, 2.75) is 45.1 Å². The van der Waals surface area contributed by atoms with Gasteiger partial charge in [-0.1, -0.05) is 43.3 Å². The average Bonchev–Trinajstić information content (AvgIpc) is 3.23. The van der Waals surface area contributed by atoms with Gasteiger partial charge in [0.1, 0.15) is 5.75 Å². The van der Waals surface area contributed by atoms with Crippen LogP contribution in [0.4, 0.5) is 0 Å². The van der Waals surface area contributed by atoms with Crippen molar-refractivity contribution >= 4 is 16.8 Å². The van der Waals surface area contributed by atoms with Crippen LogP contribution < -0.4 is 10.1 Å². The fourth-order valence-corrected chi connectivity index (χ4v) is 5.15. The Kier molecular flexibility index (Phi) is 7.15. The van der Waals surface area contributed by atoms with E-state index in [0.29, 0.717) is 5.92 Å². The molecular formula is C27H35N3O2. The lowest BCUT2D eigenvalue weighted by atomic mass is 9.89. The third-order valence-corrected chi connectivity index (χ3v) is 6.87. The standard InChI is InChI=1S/C27H35N3O2/c1-4-20-9-7-11-23-24(27(31)28-2)19-30(26(20)23)16-8-15-29-17-13-21(14-18-29)22-10-5-6-12-25(22)32-3/h5-7,9-12,19,21H,4,8,13-18H2,1-3H3,(H,28,31).